The maximum atomic E-state index is 12.8. The van der Waals surface area contributed by atoms with Gasteiger partial charge in [-0.05, 0) is 25.0 Å². The first-order valence-corrected chi connectivity index (χ1v) is 9.16. The molecule has 9 heteroatoms. The number of amides is 1. The highest BCUT2D eigenvalue weighted by atomic mass is 32.1. The molecule has 26 heavy (non-hydrogen) atoms. The van der Waals surface area contributed by atoms with Crippen molar-refractivity contribution in [3.8, 4) is 0 Å². The highest BCUT2D eigenvalue weighted by Gasteiger charge is 2.18. The molecule has 0 aromatic carbocycles. The van der Waals surface area contributed by atoms with Crippen molar-refractivity contribution >= 4 is 38.3 Å². The van der Waals surface area contributed by atoms with E-state index >= 15 is 0 Å². The number of rotatable bonds is 6. The molecule has 3 aromatic rings. The van der Waals surface area contributed by atoms with Gasteiger partial charge < -0.3 is 5.32 Å². The van der Waals surface area contributed by atoms with Gasteiger partial charge >= 0.3 is 0 Å². The molecule has 3 rings (SSSR count). The Labute approximate surface area is 154 Å². The summed E-state index contributed by atoms with van der Waals surface area (Å²) in [6.07, 6.45) is 3.06. The van der Waals surface area contributed by atoms with E-state index in [9.17, 15) is 9.59 Å². The fraction of sp³-hybridized carbons (Fsp3) is 0.353. The van der Waals surface area contributed by atoms with E-state index in [1.54, 1.807) is 6.07 Å². The molecule has 0 radical (unpaired) electrons. The smallest absolute Gasteiger partial charge is 0.285 e. The first-order chi connectivity index (χ1) is 12.5. The normalized spacial score (nSPS) is 11.1. The van der Waals surface area contributed by atoms with Crippen LogP contribution in [0.3, 0.4) is 0 Å². The summed E-state index contributed by atoms with van der Waals surface area (Å²) in [5.74, 6) is -0.0847. The standard InChI is InChI=1S/C17H20N6O2S/c1-4-18-13-8-11-14(10(2)3)22-23(16(25)15(11)26-13)9-12(24)21-17-19-6-5-7-20-17/h5-8,10,18H,4,9H2,1-3H3,(H,19,20,21,24). The summed E-state index contributed by atoms with van der Waals surface area (Å²) in [4.78, 5) is 32.9. The van der Waals surface area contributed by atoms with Crippen molar-refractivity contribution in [2.75, 3.05) is 17.2 Å². The average molecular weight is 372 g/mol. The van der Waals surface area contributed by atoms with Crippen LogP contribution in [0.5, 0.6) is 0 Å². The van der Waals surface area contributed by atoms with Gasteiger partial charge in [0.25, 0.3) is 5.56 Å². The van der Waals surface area contributed by atoms with Crippen LogP contribution in [0.15, 0.2) is 29.3 Å². The molecular weight excluding hydrogens is 352 g/mol. The van der Waals surface area contributed by atoms with E-state index < -0.39 is 5.91 Å². The average Bonchev–Trinajstić information content (AvgIpc) is 3.02. The Kier molecular flexibility index (Phi) is 5.27. The lowest BCUT2D eigenvalue weighted by molar-refractivity contribution is -0.117. The lowest BCUT2D eigenvalue weighted by atomic mass is 10.1. The van der Waals surface area contributed by atoms with Gasteiger partial charge in [-0.15, -0.1) is 11.3 Å². The number of carbonyl (C=O) groups excluding carboxylic acids is 1. The van der Waals surface area contributed by atoms with E-state index in [1.807, 2.05) is 26.8 Å². The zero-order chi connectivity index (χ0) is 18.7. The van der Waals surface area contributed by atoms with Gasteiger partial charge in [-0.2, -0.15) is 5.10 Å². The Hall–Kier alpha value is -2.81. The van der Waals surface area contributed by atoms with Crippen molar-refractivity contribution in [2.45, 2.75) is 33.2 Å². The van der Waals surface area contributed by atoms with Crippen LogP contribution in [0.1, 0.15) is 32.4 Å². The molecule has 0 atom stereocenters. The number of aromatic nitrogens is 4. The van der Waals surface area contributed by atoms with Gasteiger partial charge in [-0.3, -0.25) is 14.9 Å². The Morgan fingerprint density at radius 2 is 2.04 bits per heavy atom. The number of hydrogen-bond donors (Lipinski definition) is 2. The molecule has 1 amide bonds. The number of fused-ring (bicyclic) bond motifs is 1. The monoisotopic (exact) mass is 372 g/mol. The number of carbonyl (C=O) groups is 1. The molecule has 0 saturated heterocycles. The zero-order valence-corrected chi connectivity index (χ0v) is 15.6. The third-order valence-electron chi connectivity index (χ3n) is 3.67. The van der Waals surface area contributed by atoms with Crippen LogP contribution in [0.25, 0.3) is 10.1 Å². The molecule has 0 aliphatic carbocycles. The number of anilines is 2. The maximum absolute atomic E-state index is 12.8. The molecule has 2 N–H and O–H groups in total. The number of thiophene rings is 1. The number of hydrogen-bond acceptors (Lipinski definition) is 7. The van der Waals surface area contributed by atoms with Gasteiger partial charge in [0, 0.05) is 24.3 Å². The quantitative estimate of drug-likeness (QED) is 0.689. The highest BCUT2D eigenvalue weighted by Crippen LogP contribution is 2.31. The summed E-state index contributed by atoms with van der Waals surface area (Å²) in [6, 6.07) is 3.61. The minimum Gasteiger partial charge on any atom is -0.377 e. The third kappa shape index (κ3) is 3.72. The van der Waals surface area contributed by atoms with E-state index in [2.05, 4.69) is 25.7 Å². The molecule has 0 bridgehead atoms. The van der Waals surface area contributed by atoms with E-state index in [0.29, 0.717) is 4.70 Å². The summed E-state index contributed by atoms with van der Waals surface area (Å²) in [5.41, 5.74) is 0.520. The van der Waals surface area contributed by atoms with Gasteiger partial charge in [-0.25, -0.2) is 14.6 Å². The van der Waals surface area contributed by atoms with Gasteiger partial charge in [0.05, 0.1) is 10.7 Å². The largest absolute Gasteiger partial charge is 0.377 e. The maximum Gasteiger partial charge on any atom is 0.285 e. The predicted octanol–water partition coefficient (Wildman–Crippen LogP) is 2.44. The Balaban J connectivity index is 1.96. The summed E-state index contributed by atoms with van der Waals surface area (Å²) in [5, 5.41) is 12.0. The molecule has 136 valence electrons. The van der Waals surface area contributed by atoms with Crippen LogP contribution in [-0.4, -0.2) is 32.2 Å². The topological polar surface area (TPSA) is 102 Å². The SMILES string of the molecule is CCNc1cc2c(C(C)C)nn(CC(=O)Nc3ncccn3)c(=O)c2s1. The van der Waals surface area contributed by atoms with Crippen molar-refractivity contribution in [1.82, 2.24) is 19.7 Å². The number of nitrogens with zero attached hydrogens (tertiary/aromatic N) is 4. The molecule has 0 saturated carbocycles. The van der Waals surface area contributed by atoms with E-state index in [0.717, 1.165) is 22.6 Å². The molecule has 0 aliphatic heterocycles. The minimum absolute atomic E-state index is 0.119. The molecule has 3 heterocycles. The fourth-order valence-corrected chi connectivity index (χ4v) is 3.62. The minimum atomic E-state index is -0.400. The third-order valence-corrected chi connectivity index (χ3v) is 4.75. The predicted molar refractivity (Wildman–Crippen MR) is 103 cm³/mol. The Bertz CT molecular complexity index is 980. The second-order valence-electron chi connectivity index (χ2n) is 6.01. The molecule has 3 aromatic heterocycles. The summed E-state index contributed by atoms with van der Waals surface area (Å²) in [6.45, 7) is 6.60. The summed E-state index contributed by atoms with van der Waals surface area (Å²) < 4.78 is 1.81. The number of nitrogens with one attached hydrogen (secondary N) is 2. The van der Waals surface area contributed by atoms with E-state index in [-0.39, 0.29) is 24.0 Å². The van der Waals surface area contributed by atoms with Crippen LogP contribution in [-0.2, 0) is 11.3 Å². The summed E-state index contributed by atoms with van der Waals surface area (Å²) >= 11 is 1.38. The van der Waals surface area contributed by atoms with Crippen molar-refractivity contribution in [3.05, 3.63) is 40.6 Å². The second kappa shape index (κ2) is 7.61. The second-order valence-corrected chi connectivity index (χ2v) is 7.06. The van der Waals surface area contributed by atoms with Crippen LogP contribution in [0.4, 0.5) is 10.9 Å². The van der Waals surface area contributed by atoms with Gasteiger partial charge in [0.15, 0.2) is 0 Å². The molecular formula is C17H20N6O2S. The Morgan fingerprint density at radius 3 is 2.69 bits per heavy atom. The molecule has 0 unspecified atom stereocenters. The summed E-state index contributed by atoms with van der Waals surface area (Å²) in [7, 11) is 0. The van der Waals surface area contributed by atoms with Crippen LogP contribution in [0, 0.1) is 0 Å². The van der Waals surface area contributed by atoms with Gasteiger partial charge in [-0.1, -0.05) is 13.8 Å². The lowest BCUT2D eigenvalue weighted by Crippen LogP contribution is -2.30. The Morgan fingerprint density at radius 1 is 1.31 bits per heavy atom. The van der Waals surface area contributed by atoms with E-state index in [1.165, 1.54) is 28.4 Å². The van der Waals surface area contributed by atoms with Crippen molar-refractivity contribution in [1.29, 1.82) is 0 Å². The van der Waals surface area contributed by atoms with E-state index in [4.69, 9.17) is 0 Å². The van der Waals surface area contributed by atoms with Crippen LogP contribution in [0.2, 0.25) is 0 Å². The first-order valence-electron chi connectivity index (χ1n) is 8.35. The molecule has 0 fully saturated rings. The fourth-order valence-electron chi connectivity index (χ4n) is 2.55. The van der Waals surface area contributed by atoms with Crippen molar-refractivity contribution in [3.63, 3.8) is 0 Å². The van der Waals surface area contributed by atoms with Crippen molar-refractivity contribution < 1.29 is 4.79 Å². The van der Waals surface area contributed by atoms with Gasteiger partial charge in [0.2, 0.25) is 11.9 Å². The molecule has 0 spiro atoms. The van der Waals surface area contributed by atoms with Crippen molar-refractivity contribution in [2.24, 2.45) is 0 Å². The molecule has 0 aliphatic rings. The van der Waals surface area contributed by atoms with Crippen LogP contribution >= 0.6 is 11.3 Å². The first kappa shape index (κ1) is 18.0. The lowest BCUT2D eigenvalue weighted by Gasteiger charge is -2.10. The molecule has 8 nitrogen and oxygen atoms in total. The van der Waals surface area contributed by atoms with Gasteiger partial charge in [0.1, 0.15) is 11.2 Å². The van der Waals surface area contributed by atoms with Crippen LogP contribution < -0.4 is 16.2 Å². The zero-order valence-electron chi connectivity index (χ0n) is 14.8. The highest BCUT2D eigenvalue weighted by molar-refractivity contribution is 7.22.